The van der Waals surface area contributed by atoms with Gasteiger partial charge in [-0.05, 0) is 59.4 Å². The number of nitrogens with one attached hydrogen (secondary N) is 1. The molecule has 1 nitrogen and oxygen atoms in total. The van der Waals surface area contributed by atoms with Gasteiger partial charge in [-0.2, -0.15) is 0 Å². The van der Waals surface area contributed by atoms with E-state index < -0.39 is 0 Å². The maximum atomic E-state index is 13.3. The van der Waals surface area contributed by atoms with Crippen LogP contribution in [-0.2, 0) is 6.42 Å². The first-order chi connectivity index (χ1) is 7.66. The molecule has 1 aliphatic rings. The molecular formula is C12H14BrClFN. The van der Waals surface area contributed by atoms with E-state index in [0.717, 1.165) is 18.5 Å². The van der Waals surface area contributed by atoms with Gasteiger partial charge in [-0.15, -0.1) is 0 Å². The minimum absolute atomic E-state index is 0.195. The molecule has 1 fully saturated rings. The molecular weight excluding hydrogens is 292 g/mol. The van der Waals surface area contributed by atoms with Crippen LogP contribution in [0.1, 0.15) is 24.8 Å². The highest BCUT2D eigenvalue weighted by atomic mass is 79.9. The molecule has 1 unspecified atom stereocenters. The molecule has 0 spiro atoms. The van der Waals surface area contributed by atoms with Gasteiger partial charge in [0.2, 0.25) is 0 Å². The monoisotopic (exact) mass is 305 g/mol. The molecule has 0 aromatic heterocycles. The number of hydrogen-bond acceptors (Lipinski definition) is 1. The topological polar surface area (TPSA) is 12.0 Å². The van der Waals surface area contributed by atoms with Crippen LogP contribution in [0.4, 0.5) is 4.39 Å². The summed E-state index contributed by atoms with van der Waals surface area (Å²) in [5, 5.41) is 3.66. The SMILES string of the molecule is Fc1c(Cl)cc(CC2CCCCN2)cc1Br. The molecule has 4 heteroatoms. The molecule has 0 bridgehead atoms. The van der Waals surface area contributed by atoms with Crippen molar-refractivity contribution in [3.8, 4) is 0 Å². The van der Waals surface area contributed by atoms with Gasteiger partial charge in [0.05, 0.1) is 9.50 Å². The molecule has 1 heterocycles. The third-order valence-corrected chi connectivity index (χ3v) is 3.79. The van der Waals surface area contributed by atoms with Crippen molar-refractivity contribution in [3.63, 3.8) is 0 Å². The van der Waals surface area contributed by atoms with Gasteiger partial charge in [0.25, 0.3) is 0 Å². The van der Waals surface area contributed by atoms with Gasteiger partial charge < -0.3 is 5.32 Å². The van der Waals surface area contributed by atoms with Crippen LogP contribution in [0, 0.1) is 5.82 Å². The van der Waals surface area contributed by atoms with Crippen LogP contribution in [0.15, 0.2) is 16.6 Å². The summed E-state index contributed by atoms with van der Waals surface area (Å²) in [7, 11) is 0. The van der Waals surface area contributed by atoms with E-state index in [1.54, 1.807) is 6.07 Å². The van der Waals surface area contributed by atoms with Crippen molar-refractivity contribution in [1.29, 1.82) is 0 Å². The van der Waals surface area contributed by atoms with Crippen LogP contribution in [0.3, 0.4) is 0 Å². The first-order valence-corrected chi connectivity index (χ1v) is 6.70. The average Bonchev–Trinajstić information content (AvgIpc) is 2.27. The van der Waals surface area contributed by atoms with Crippen LogP contribution in [0.25, 0.3) is 0 Å². The Labute approximate surface area is 109 Å². The van der Waals surface area contributed by atoms with Gasteiger partial charge in [-0.3, -0.25) is 0 Å². The van der Waals surface area contributed by atoms with Crippen molar-refractivity contribution in [3.05, 3.63) is 33.0 Å². The number of hydrogen-bond donors (Lipinski definition) is 1. The minimum Gasteiger partial charge on any atom is -0.314 e. The van der Waals surface area contributed by atoms with Gasteiger partial charge in [-0.1, -0.05) is 18.0 Å². The smallest absolute Gasteiger partial charge is 0.155 e. The highest BCUT2D eigenvalue weighted by molar-refractivity contribution is 9.10. The largest absolute Gasteiger partial charge is 0.314 e. The Bertz CT molecular complexity index is 354. The van der Waals surface area contributed by atoms with Crippen LogP contribution >= 0.6 is 27.5 Å². The molecule has 1 saturated heterocycles. The van der Waals surface area contributed by atoms with Gasteiger partial charge in [-0.25, -0.2) is 4.39 Å². The fourth-order valence-electron chi connectivity index (χ4n) is 2.11. The lowest BCUT2D eigenvalue weighted by Gasteiger charge is -2.23. The van der Waals surface area contributed by atoms with Gasteiger partial charge in [0.15, 0.2) is 5.82 Å². The van der Waals surface area contributed by atoms with Crippen LogP contribution in [-0.4, -0.2) is 12.6 Å². The fourth-order valence-corrected chi connectivity index (χ4v) is 2.97. The van der Waals surface area contributed by atoms with Gasteiger partial charge in [0, 0.05) is 6.04 Å². The lowest BCUT2D eigenvalue weighted by molar-refractivity contribution is 0.399. The van der Waals surface area contributed by atoms with E-state index in [2.05, 4.69) is 21.2 Å². The zero-order valence-corrected chi connectivity index (χ0v) is 11.2. The second-order valence-electron chi connectivity index (χ2n) is 4.22. The standard InChI is InChI=1S/C12H14BrClFN/c13-10-6-8(7-11(14)12(10)15)5-9-3-1-2-4-16-9/h6-7,9,16H,1-5H2. The second-order valence-corrected chi connectivity index (χ2v) is 5.49. The molecule has 0 radical (unpaired) electrons. The molecule has 1 atom stereocenters. The Balaban J connectivity index is 2.09. The van der Waals surface area contributed by atoms with E-state index in [9.17, 15) is 4.39 Å². The quantitative estimate of drug-likeness (QED) is 0.817. The number of piperidine rings is 1. The summed E-state index contributed by atoms with van der Waals surface area (Å²) in [6.45, 7) is 1.08. The zero-order chi connectivity index (χ0) is 11.5. The molecule has 16 heavy (non-hydrogen) atoms. The Morgan fingerprint density at radius 3 is 2.88 bits per heavy atom. The molecule has 1 aliphatic heterocycles. The van der Waals surface area contributed by atoms with E-state index in [1.165, 1.54) is 19.3 Å². The number of rotatable bonds is 2. The molecule has 88 valence electrons. The summed E-state index contributed by atoms with van der Waals surface area (Å²) in [5.74, 6) is -0.373. The first-order valence-electron chi connectivity index (χ1n) is 5.53. The zero-order valence-electron chi connectivity index (χ0n) is 8.90. The normalized spacial score (nSPS) is 21.1. The summed E-state index contributed by atoms with van der Waals surface area (Å²) >= 11 is 8.99. The Morgan fingerprint density at radius 1 is 1.44 bits per heavy atom. The summed E-state index contributed by atoms with van der Waals surface area (Å²) in [6, 6.07) is 4.04. The maximum absolute atomic E-state index is 13.3. The predicted molar refractivity (Wildman–Crippen MR) is 68.5 cm³/mol. The number of benzene rings is 1. The Morgan fingerprint density at radius 2 is 2.25 bits per heavy atom. The van der Waals surface area contributed by atoms with Gasteiger partial charge >= 0.3 is 0 Å². The van der Waals surface area contributed by atoms with Crippen LogP contribution < -0.4 is 5.32 Å². The third-order valence-electron chi connectivity index (χ3n) is 2.94. The van der Waals surface area contributed by atoms with Crippen molar-refractivity contribution >= 4 is 27.5 Å². The van der Waals surface area contributed by atoms with E-state index in [-0.39, 0.29) is 10.8 Å². The molecule has 0 saturated carbocycles. The Kier molecular flexibility index (Phi) is 4.22. The highest BCUT2D eigenvalue weighted by Gasteiger charge is 2.14. The lowest BCUT2D eigenvalue weighted by atomic mass is 9.98. The summed E-state index contributed by atoms with van der Waals surface area (Å²) < 4.78 is 13.7. The fraction of sp³-hybridized carbons (Fsp3) is 0.500. The van der Waals surface area contributed by atoms with Crippen molar-refractivity contribution in [2.45, 2.75) is 31.7 Å². The molecule has 2 rings (SSSR count). The van der Waals surface area contributed by atoms with Crippen LogP contribution in [0.5, 0.6) is 0 Å². The van der Waals surface area contributed by atoms with E-state index in [1.807, 2.05) is 6.07 Å². The van der Waals surface area contributed by atoms with Crippen molar-refractivity contribution < 1.29 is 4.39 Å². The molecule has 0 aliphatic carbocycles. The highest BCUT2D eigenvalue weighted by Crippen LogP contribution is 2.26. The first kappa shape index (κ1) is 12.3. The molecule has 0 amide bonds. The third kappa shape index (κ3) is 2.96. The predicted octanol–water partition coefficient (Wildman–Crippen LogP) is 3.93. The van der Waals surface area contributed by atoms with E-state index in [4.69, 9.17) is 11.6 Å². The van der Waals surface area contributed by atoms with Crippen LogP contribution in [0.2, 0.25) is 5.02 Å². The minimum atomic E-state index is -0.373. The lowest BCUT2D eigenvalue weighted by Crippen LogP contribution is -2.35. The molecule has 1 aromatic carbocycles. The Hall–Kier alpha value is -0.120. The number of halogens is 3. The summed E-state index contributed by atoms with van der Waals surface area (Å²) in [4.78, 5) is 0. The van der Waals surface area contributed by atoms with Crippen molar-refractivity contribution in [2.24, 2.45) is 0 Å². The maximum Gasteiger partial charge on any atom is 0.155 e. The average molecular weight is 307 g/mol. The van der Waals surface area contributed by atoms with E-state index in [0.29, 0.717) is 10.5 Å². The second kappa shape index (κ2) is 5.48. The molecule has 1 aromatic rings. The van der Waals surface area contributed by atoms with Crippen molar-refractivity contribution in [2.75, 3.05) is 6.54 Å². The van der Waals surface area contributed by atoms with Crippen molar-refractivity contribution in [1.82, 2.24) is 5.32 Å². The summed E-state index contributed by atoms with van der Waals surface area (Å²) in [6.07, 6.45) is 4.63. The van der Waals surface area contributed by atoms with E-state index >= 15 is 0 Å². The summed E-state index contributed by atoms with van der Waals surface area (Å²) in [5.41, 5.74) is 1.08. The molecule has 1 N–H and O–H groups in total. The van der Waals surface area contributed by atoms with Gasteiger partial charge in [0.1, 0.15) is 0 Å².